The van der Waals surface area contributed by atoms with Crippen molar-refractivity contribution in [3.05, 3.63) is 136 Å². The second-order valence-electron chi connectivity index (χ2n) is 9.57. The molecule has 1 spiro atoms. The lowest BCUT2D eigenvalue weighted by molar-refractivity contribution is 0.682. The molecule has 0 saturated carbocycles. The molecule has 1 unspecified atom stereocenters. The Bertz CT molecular complexity index is 1580. The first kappa shape index (κ1) is 18.9. The highest BCUT2D eigenvalue weighted by molar-refractivity contribution is 8.03. The number of anilines is 2. The first-order valence-electron chi connectivity index (χ1n) is 12.1. The molecular formula is C32H23NS. The summed E-state index contributed by atoms with van der Waals surface area (Å²) in [6, 6.07) is 34.2. The van der Waals surface area contributed by atoms with Crippen LogP contribution in [0.4, 0.5) is 11.4 Å². The van der Waals surface area contributed by atoms with Gasteiger partial charge >= 0.3 is 0 Å². The van der Waals surface area contributed by atoms with Gasteiger partial charge in [-0.05, 0) is 58.4 Å². The fourth-order valence-corrected chi connectivity index (χ4v) is 7.96. The molecule has 0 saturated heterocycles. The van der Waals surface area contributed by atoms with Crippen LogP contribution in [0.25, 0.3) is 11.1 Å². The Balaban J connectivity index is 1.58. The third kappa shape index (κ3) is 2.22. The maximum Gasteiger partial charge on any atom is 0.0760 e. The van der Waals surface area contributed by atoms with Crippen LogP contribution in [0.3, 0.4) is 0 Å². The van der Waals surface area contributed by atoms with Crippen molar-refractivity contribution in [3.63, 3.8) is 0 Å². The van der Waals surface area contributed by atoms with E-state index in [4.69, 9.17) is 0 Å². The van der Waals surface area contributed by atoms with E-state index in [1.165, 1.54) is 60.1 Å². The molecule has 34 heavy (non-hydrogen) atoms. The summed E-state index contributed by atoms with van der Waals surface area (Å²) in [6.45, 7) is 0.908. The van der Waals surface area contributed by atoms with Crippen molar-refractivity contribution in [1.82, 2.24) is 0 Å². The number of para-hydroxylation sites is 2. The van der Waals surface area contributed by atoms with Crippen LogP contribution < -0.4 is 4.90 Å². The van der Waals surface area contributed by atoms with E-state index >= 15 is 0 Å². The van der Waals surface area contributed by atoms with Crippen molar-refractivity contribution in [2.24, 2.45) is 0 Å². The fourth-order valence-electron chi connectivity index (χ4n) is 6.70. The molecule has 0 bridgehead atoms. The van der Waals surface area contributed by atoms with Crippen LogP contribution >= 0.6 is 11.8 Å². The van der Waals surface area contributed by atoms with Crippen LogP contribution in [0.2, 0.25) is 0 Å². The van der Waals surface area contributed by atoms with Crippen LogP contribution in [-0.2, 0) is 12.0 Å². The standard InChI is InChI=1S/C32H23NS/c1-2-11-22-21(10-1)20-33-28-17-6-3-13-24(28)32(27-16-9-12-23(22)31(27)33)25-14-4-7-18-29(25)34-30-19-8-5-15-26(30)32/h1-4,6-7,9-19H,5,8,20H2. The number of hydrogen-bond acceptors (Lipinski definition) is 2. The molecule has 0 aromatic heterocycles. The normalized spacial score (nSPS) is 20.9. The lowest BCUT2D eigenvalue weighted by Crippen LogP contribution is -2.42. The largest absolute Gasteiger partial charge is 0.336 e. The minimum absolute atomic E-state index is 0.293. The number of hydrogen-bond donors (Lipinski definition) is 0. The molecule has 4 aliphatic rings. The average Bonchev–Trinajstić information content (AvgIpc) is 2.91. The monoisotopic (exact) mass is 453 g/mol. The van der Waals surface area contributed by atoms with Crippen molar-refractivity contribution in [1.29, 1.82) is 0 Å². The van der Waals surface area contributed by atoms with E-state index in [0.29, 0.717) is 0 Å². The van der Waals surface area contributed by atoms with Gasteiger partial charge in [0.25, 0.3) is 0 Å². The van der Waals surface area contributed by atoms with Gasteiger partial charge in [-0.1, -0.05) is 103 Å². The molecule has 1 aliphatic carbocycles. The third-order valence-electron chi connectivity index (χ3n) is 7.97. The van der Waals surface area contributed by atoms with Gasteiger partial charge in [-0.3, -0.25) is 0 Å². The summed E-state index contributed by atoms with van der Waals surface area (Å²) in [5.74, 6) is 0. The molecule has 3 aliphatic heterocycles. The van der Waals surface area contributed by atoms with E-state index in [2.05, 4.69) is 108 Å². The maximum absolute atomic E-state index is 2.57. The molecule has 4 aromatic carbocycles. The van der Waals surface area contributed by atoms with Crippen LogP contribution in [0, 0.1) is 0 Å². The third-order valence-corrected chi connectivity index (χ3v) is 9.15. The van der Waals surface area contributed by atoms with Crippen molar-refractivity contribution in [2.75, 3.05) is 4.90 Å². The topological polar surface area (TPSA) is 3.24 Å². The van der Waals surface area contributed by atoms with Crippen LogP contribution in [0.1, 0.15) is 35.1 Å². The molecule has 1 nitrogen and oxygen atoms in total. The van der Waals surface area contributed by atoms with E-state index < -0.39 is 0 Å². The SMILES string of the molecule is C1=C2Sc3ccccc3C3(C2=CCC1)c1ccccc1N1Cc2ccccc2-c2cccc3c21. The second kappa shape index (κ2) is 6.77. The zero-order valence-corrected chi connectivity index (χ0v) is 19.6. The van der Waals surface area contributed by atoms with E-state index in [9.17, 15) is 0 Å². The molecular weight excluding hydrogens is 430 g/mol. The van der Waals surface area contributed by atoms with Crippen LogP contribution in [-0.4, -0.2) is 0 Å². The van der Waals surface area contributed by atoms with Gasteiger partial charge in [-0.15, -0.1) is 0 Å². The average molecular weight is 454 g/mol. The van der Waals surface area contributed by atoms with E-state index in [0.717, 1.165) is 19.4 Å². The highest BCUT2D eigenvalue weighted by Crippen LogP contribution is 2.65. The predicted octanol–water partition coefficient (Wildman–Crippen LogP) is 8.36. The lowest BCUT2D eigenvalue weighted by Gasteiger charge is -2.52. The van der Waals surface area contributed by atoms with Gasteiger partial charge in [-0.2, -0.15) is 0 Å². The van der Waals surface area contributed by atoms with Crippen molar-refractivity contribution in [2.45, 2.75) is 29.7 Å². The number of rotatable bonds is 0. The molecule has 0 N–H and O–H groups in total. The summed E-state index contributed by atoms with van der Waals surface area (Å²) in [5, 5.41) is 0. The van der Waals surface area contributed by atoms with Gasteiger partial charge in [0, 0.05) is 27.6 Å². The van der Waals surface area contributed by atoms with E-state index in [1.807, 2.05) is 11.8 Å². The Morgan fingerprint density at radius 1 is 0.647 bits per heavy atom. The van der Waals surface area contributed by atoms with Gasteiger partial charge in [0.15, 0.2) is 0 Å². The van der Waals surface area contributed by atoms with Crippen LogP contribution in [0.15, 0.2) is 119 Å². The Morgan fingerprint density at radius 3 is 2.35 bits per heavy atom. The zero-order chi connectivity index (χ0) is 22.3. The minimum Gasteiger partial charge on any atom is -0.336 e. The maximum atomic E-state index is 2.57. The Kier molecular flexibility index (Phi) is 3.76. The highest BCUT2D eigenvalue weighted by atomic mass is 32.2. The van der Waals surface area contributed by atoms with Crippen molar-refractivity contribution >= 4 is 23.1 Å². The van der Waals surface area contributed by atoms with Gasteiger partial charge in [0.1, 0.15) is 0 Å². The van der Waals surface area contributed by atoms with Crippen LogP contribution in [0.5, 0.6) is 0 Å². The molecule has 3 heterocycles. The van der Waals surface area contributed by atoms with Crippen molar-refractivity contribution in [3.8, 4) is 11.1 Å². The summed E-state index contributed by atoms with van der Waals surface area (Å²) < 4.78 is 0. The van der Waals surface area contributed by atoms with Gasteiger partial charge in [0.2, 0.25) is 0 Å². The molecule has 0 fully saturated rings. The highest BCUT2D eigenvalue weighted by Gasteiger charge is 2.52. The summed E-state index contributed by atoms with van der Waals surface area (Å²) in [6.07, 6.45) is 7.23. The molecule has 0 amide bonds. The number of nitrogens with zero attached hydrogens (tertiary/aromatic N) is 1. The Labute approximate surface area is 204 Å². The number of allylic oxidation sites excluding steroid dienone is 3. The molecule has 162 valence electrons. The summed E-state index contributed by atoms with van der Waals surface area (Å²) in [7, 11) is 0. The first-order chi connectivity index (χ1) is 16.9. The quantitative estimate of drug-likeness (QED) is 0.263. The van der Waals surface area contributed by atoms with E-state index in [-0.39, 0.29) is 5.41 Å². The zero-order valence-electron chi connectivity index (χ0n) is 18.8. The molecule has 4 aromatic rings. The lowest BCUT2D eigenvalue weighted by atomic mass is 9.60. The number of benzene rings is 4. The van der Waals surface area contributed by atoms with Gasteiger partial charge < -0.3 is 4.90 Å². The van der Waals surface area contributed by atoms with Gasteiger partial charge in [-0.25, -0.2) is 0 Å². The number of thioether (sulfide) groups is 1. The second-order valence-corrected chi connectivity index (χ2v) is 10.7. The fraction of sp³-hybridized carbons (Fsp3) is 0.125. The predicted molar refractivity (Wildman–Crippen MR) is 142 cm³/mol. The first-order valence-corrected chi connectivity index (χ1v) is 13.0. The number of fused-ring (bicyclic) bond motifs is 10. The summed E-state index contributed by atoms with van der Waals surface area (Å²) >= 11 is 1.95. The Morgan fingerprint density at radius 2 is 1.38 bits per heavy atom. The van der Waals surface area contributed by atoms with Crippen molar-refractivity contribution < 1.29 is 0 Å². The summed E-state index contributed by atoms with van der Waals surface area (Å²) in [5.41, 5.74) is 12.3. The molecule has 0 radical (unpaired) electrons. The smallest absolute Gasteiger partial charge is 0.0760 e. The Hall–Kier alpha value is -3.49. The van der Waals surface area contributed by atoms with Gasteiger partial charge in [0.05, 0.1) is 11.1 Å². The summed E-state index contributed by atoms with van der Waals surface area (Å²) in [4.78, 5) is 5.39. The molecule has 8 rings (SSSR count). The van der Waals surface area contributed by atoms with E-state index in [1.54, 1.807) is 0 Å². The molecule has 1 atom stereocenters. The minimum atomic E-state index is -0.293. The molecule has 2 heteroatoms.